The molecule has 3 heterocycles. The Morgan fingerprint density at radius 1 is 0.971 bits per heavy atom. The van der Waals surface area contributed by atoms with Gasteiger partial charge in [0.05, 0.1) is 23.9 Å². The van der Waals surface area contributed by atoms with E-state index in [0.29, 0.717) is 11.8 Å². The highest BCUT2D eigenvalue weighted by molar-refractivity contribution is 5.91. The maximum atomic E-state index is 6.17. The van der Waals surface area contributed by atoms with Crippen LogP contribution in [0.1, 0.15) is 31.9 Å². The fourth-order valence-corrected chi connectivity index (χ4v) is 4.32. The fraction of sp³-hybridized carbons (Fsp3) is 0.333. The molecule has 2 aromatic carbocycles. The molecule has 3 N–H and O–H groups in total. The summed E-state index contributed by atoms with van der Waals surface area (Å²) in [7, 11) is 3.83. The van der Waals surface area contributed by atoms with E-state index in [0.717, 1.165) is 53.4 Å². The zero-order chi connectivity index (χ0) is 24.6. The third-order valence-electron chi connectivity index (χ3n) is 5.94. The Morgan fingerprint density at radius 2 is 1.80 bits per heavy atom. The van der Waals surface area contributed by atoms with E-state index in [-0.39, 0.29) is 5.60 Å². The summed E-state index contributed by atoms with van der Waals surface area (Å²) in [4.78, 5) is 15.1. The second kappa shape index (κ2) is 9.11. The molecule has 0 saturated carbocycles. The molecule has 182 valence electrons. The largest absolute Gasteiger partial charge is 0.495 e. The number of ether oxygens (including phenoxy) is 2. The van der Waals surface area contributed by atoms with Gasteiger partial charge in [-0.05, 0) is 75.7 Å². The zero-order valence-electron chi connectivity index (χ0n) is 20.9. The van der Waals surface area contributed by atoms with Gasteiger partial charge in [0, 0.05) is 19.3 Å². The maximum Gasteiger partial charge on any atom is 0.231 e. The Hall–Kier alpha value is -3.78. The molecule has 4 aromatic rings. The molecule has 0 radical (unpaired) electrons. The summed E-state index contributed by atoms with van der Waals surface area (Å²) in [5.74, 6) is 2.69. The van der Waals surface area contributed by atoms with Gasteiger partial charge in [-0.3, -0.25) is 0 Å². The van der Waals surface area contributed by atoms with Crippen molar-refractivity contribution in [3.05, 3.63) is 59.8 Å². The first-order valence-electron chi connectivity index (χ1n) is 11.8. The van der Waals surface area contributed by atoms with Crippen LogP contribution in [-0.2, 0) is 13.0 Å². The molecule has 1 aliphatic rings. The molecule has 0 aliphatic carbocycles. The van der Waals surface area contributed by atoms with Crippen LogP contribution in [0.15, 0.2) is 48.7 Å². The van der Waals surface area contributed by atoms with Crippen molar-refractivity contribution in [2.75, 3.05) is 31.3 Å². The molecule has 8 nitrogen and oxygen atoms in total. The molecule has 1 aliphatic heterocycles. The highest BCUT2D eigenvalue weighted by atomic mass is 16.5. The van der Waals surface area contributed by atoms with Crippen LogP contribution in [0.3, 0.4) is 0 Å². The summed E-state index contributed by atoms with van der Waals surface area (Å²) < 4.78 is 11.9. The van der Waals surface area contributed by atoms with E-state index >= 15 is 0 Å². The van der Waals surface area contributed by atoms with Crippen LogP contribution in [0, 0.1) is 0 Å². The number of para-hydroxylation sites is 2. The molecule has 0 saturated heterocycles. The van der Waals surface area contributed by atoms with Gasteiger partial charge in [-0.1, -0.05) is 12.1 Å². The minimum atomic E-state index is -0.323. The van der Waals surface area contributed by atoms with Crippen LogP contribution in [0.2, 0.25) is 0 Å². The van der Waals surface area contributed by atoms with Gasteiger partial charge in [-0.25, -0.2) is 0 Å². The van der Waals surface area contributed by atoms with Crippen LogP contribution < -0.4 is 20.1 Å². The number of anilines is 4. The lowest BCUT2D eigenvalue weighted by molar-refractivity contribution is 0.132. The van der Waals surface area contributed by atoms with Crippen molar-refractivity contribution in [1.82, 2.24) is 19.9 Å². The summed E-state index contributed by atoms with van der Waals surface area (Å²) in [6.45, 7) is 8.05. The number of rotatable bonds is 6. The number of likely N-dealkylation sites (N-methyl/N-ethyl adjacent to an activating group) is 1. The second-order valence-corrected chi connectivity index (χ2v) is 9.91. The summed E-state index contributed by atoms with van der Waals surface area (Å²) in [6.07, 6.45) is 2.87. The van der Waals surface area contributed by atoms with E-state index in [1.54, 1.807) is 7.11 Å². The second-order valence-electron chi connectivity index (χ2n) is 9.91. The van der Waals surface area contributed by atoms with Gasteiger partial charge < -0.3 is 30.0 Å². The smallest absolute Gasteiger partial charge is 0.231 e. The molecule has 35 heavy (non-hydrogen) atoms. The number of nitrogens with zero attached hydrogens (tertiary/aromatic N) is 3. The van der Waals surface area contributed by atoms with E-state index in [9.17, 15) is 0 Å². The number of aromatic amines is 1. The third-order valence-corrected chi connectivity index (χ3v) is 5.94. The molecule has 0 bridgehead atoms. The van der Waals surface area contributed by atoms with Crippen molar-refractivity contribution in [1.29, 1.82) is 0 Å². The first kappa shape index (κ1) is 23.0. The molecule has 8 heteroatoms. The molecule has 0 unspecified atom stereocenters. The number of aromatic nitrogens is 3. The lowest BCUT2D eigenvalue weighted by atomic mass is 9.99. The zero-order valence-corrected chi connectivity index (χ0v) is 20.9. The van der Waals surface area contributed by atoms with Gasteiger partial charge in [0.1, 0.15) is 28.6 Å². The number of methoxy groups -OCH3 is 1. The van der Waals surface area contributed by atoms with Crippen LogP contribution in [0.4, 0.5) is 23.1 Å². The number of hydrogen-bond acceptors (Lipinski definition) is 7. The summed E-state index contributed by atoms with van der Waals surface area (Å²) in [6, 6.07) is 14.1. The average molecular weight is 473 g/mol. The fourth-order valence-electron chi connectivity index (χ4n) is 4.32. The van der Waals surface area contributed by atoms with Gasteiger partial charge in [-0.2, -0.15) is 9.97 Å². The van der Waals surface area contributed by atoms with E-state index in [2.05, 4.69) is 39.7 Å². The molecule has 2 aromatic heterocycles. The predicted molar refractivity (Wildman–Crippen MR) is 140 cm³/mol. The topological polar surface area (TPSA) is 87.3 Å². The summed E-state index contributed by atoms with van der Waals surface area (Å²) in [5.41, 5.74) is 4.70. The molecular formula is C27H32N6O2. The number of fused-ring (bicyclic) bond motifs is 2. The molecule has 0 spiro atoms. The minimum absolute atomic E-state index is 0.323. The third kappa shape index (κ3) is 5.02. The van der Waals surface area contributed by atoms with Crippen molar-refractivity contribution < 1.29 is 9.47 Å². The Balaban J connectivity index is 1.50. The minimum Gasteiger partial charge on any atom is -0.495 e. The monoisotopic (exact) mass is 472 g/mol. The average Bonchev–Trinajstić information content (AvgIpc) is 3.28. The highest BCUT2D eigenvalue weighted by Gasteiger charge is 2.19. The first-order chi connectivity index (χ1) is 16.8. The summed E-state index contributed by atoms with van der Waals surface area (Å²) in [5, 5.41) is 7.74. The van der Waals surface area contributed by atoms with E-state index in [1.807, 2.05) is 57.3 Å². The molecule has 0 fully saturated rings. The van der Waals surface area contributed by atoms with Crippen molar-refractivity contribution in [3.63, 3.8) is 0 Å². The maximum absolute atomic E-state index is 6.17. The standard InChI is InChI=1S/C27H32N6O2/c1-27(2,3)35-22-9-7-6-8-20(22)29-25-19-10-12-28-24(19)31-26(32-25)30-21-14-18-16-33(4)13-11-17(18)15-23(21)34-5/h6-10,12,14-15H,11,13,16H2,1-5H3,(H3,28,29,30,31,32). The van der Waals surface area contributed by atoms with Gasteiger partial charge in [0.2, 0.25) is 5.95 Å². The number of nitrogens with one attached hydrogen (secondary N) is 3. The van der Waals surface area contributed by atoms with Crippen molar-refractivity contribution in [2.24, 2.45) is 0 Å². The molecule has 0 atom stereocenters. The Labute approximate surface area is 205 Å². The quantitative estimate of drug-likeness (QED) is 0.336. The van der Waals surface area contributed by atoms with Gasteiger partial charge in [0.25, 0.3) is 0 Å². The lowest BCUT2D eigenvalue weighted by Crippen LogP contribution is -2.26. The normalized spacial score (nSPS) is 14.0. The van der Waals surface area contributed by atoms with E-state index < -0.39 is 0 Å². The molecule has 5 rings (SSSR count). The first-order valence-corrected chi connectivity index (χ1v) is 11.8. The molecule has 0 amide bonds. The predicted octanol–water partition coefficient (Wildman–Crippen LogP) is 5.62. The highest BCUT2D eigenvalue weighted by Crippen LogP contribution is 2.35. The van der Waals surface area contributed by atoms with Crippen LogP contribution in [-0.4, -0.2) is 46.2 Å². The van der Waals surface area contributed by atoms with Crippen molar-refractivity contribution in [3.8, 4) is 11.5 Å². The number of hydrogen-bond donors (Lipinski definition) is 3. The lowest BCUT2D eigenvalue weighted by Gasteiger charge is -2.26. The Morgan fingerprint density at radius 3 is 2.60 bits per heavy atom. The van der Waals surface area contributed by atoms with Gasteiger partial charge >= 0.3 is 0 Å². The SMILES string of the molecule is COc1cc2c(cc1Nc1nc(Nc3ccccc3OC(C)(C)C)c3cc[nH]c3n1)CN(C)CC2. The van der Waals surface area contributed by atoms with E-state index in [4.69, 9.17) is 19.4 Å². The van der Waals surface area contributed by atoms with E-state index in [1.165, 1.54) is 11.1 Å². The van der Waals surface area contributed by atoms with Crippen LogP contribution >= 0.6 is 0 Å². The summed E-state index contributed by atoms with van der Waals surface area (Å²) >= 11 is 0. The van der Waals surface area contributed by atoms with Crippen LogP contribution in [0.5, 0.6) is 11.5 Å². The Bertz CT molecular complexity index is 1360. The van der Waals surface area contributed by atoms with Crippen molar-refractivity contribution >= 4 is 34.2 Å². The van der Waals surface area contributed by atoms with Crippen molar-refractivity contribution in [2.45, 2.75) is 39.3 Å². The Kier molecular flexibility index (Phi) is 5.98. The van der Waals surface area contributed by atoms with Crippen LogP contribution in [0.25, 0.3) is 11.0 Å². The van der Waals surface area contributed by atoms with Gasteiger partial charge in [-0.15, -0.1) is 0 Å². The number of benzene rings is 2. The molecular weight excluding hydrogens is 440 g/mol. The van der Waals surface area contributed by atoms with Gasteiger partial charge in [0.15, 0.2) is 0 Å². The number of H-pyrrole nitrogens is 1.